The Bertz CT molecular complexity index is 2280. The van der Waals surface area contributed by atoms with Gasteiger partial charge in [0.15, 0.2) is 24.8 Å². The number of rotatable bonds is 78. The van der Waals surface area contributed by atoms with E-state index in [-0.39, 0.29) is 44.5 Å². The fourth-order valence-electron chi connectivity index (χ4n) is 15.6. The molecule has 2 heterocycles. The summed E-state index contributed by atoms with van der Waals surface area (Å²) >= 11 is 0. The van der Waals surface area contributed by atoms with E-state index in [1.807, 2.05) is 0 Å². The van der Waals surface area contributed by atoms with Crippen molar-refractivity contribution in [1.29, 1.82) is 0 Å². The second-order valence-corrected chi connectivity index (χ2v) is 33.0. The molecule has 0 aliphatic carbocycles. The van der Waals surface area contributed by atoms with Crippen LogP contribution in [-0.4, -0.2) is 155 Å². The zero-order valence-electron chi connectivity index (χ0n) is 72.0. The van der Waals surface area contributed by atoms with Crippen LogP contribution in [0, 0.1) is 0 Å². The summed E-state index contributed by atoms with van der Waals surface area (Å²) in [4.78, 5) is 96.6. The summed E-state index contributed by atoms with van der Waals surface area (Å²) in [6.07, 6.45) is 42.7. The van der Waals surface area contributed by atoms with Gasteiger partial charge in [-0.2, -0.15) is 0 Å². The number of amides is 2. The van der Waals surface area contributed by atoms with Crippen LogP contribution in [0.2, 0.25) is 0 Å². The molecule has 21 nitrogen and oxygen atoms in total. The van der Waals surface area contributed by atoms with Crippen molar-refractivity contribution in [2.75, 3.05) is 13.2 Å². The first-order valence-electron chi connectivity index (χ1n) is 46.6. The molecule has 10 unspecified atom stereocenters. The standard InChI is InChI=1S/C91H168N2O19/c1-7-13-19-25-31-34-36-37-39-42-48-53-59-65-80(98)107-73(61-56-51-46-40-33-27-21-15-9-3)67-78(96)92-84-87(103)86(102)77(110-90(84)104)71-105-91-85(93-79(97)68-74(62-55-49-43-28-22-16-10-4)108-81(99)64-58-52-45-30-24-18-12-6)89(88(106-72-95)76(70-94)111-91)112-83(101)69-75(63-57-50-44-29-23-17-11-5)109-82(100)66-60-54-47-41-38-35-32-26-20-14-8-2/h72-77,84-91,94,102-104H,7-71H2,1-6H3,(H,92,96)(H,93,97)/t73-,74-,75-,76?,77?,84?,85?,86?,87?,88?,89?,90?,91?/m1/s1. The molecule has 2 aliphatic heterocycles. The lowest BCUT2D eigenvalue weighted by molar-refractivity contribution is -0.299. The molecule has 2 amide bonds. The molecule has 0 spiro atoms. The van der Waals surface area contributed by atoms with Crippen LogP contribution in [0.15, 0.2) is 0 Å². The van der Waals surface area contributed by atoms with Gasteiger partial charge in [-0.1, -0.05) is 350 Å². The highest BCUT2D eigenvalue weighted by Crippen LogP contribution is 2.31. The van der Waals surface area contributed by atoms with Crippen LogP contribution in [0.1, 0.15) is 446 Å². The van der Waals surface area contributed by atoms with E-state index in [1.165, 1.54) is 122 Å². The number of aliphatic hydroxyl groups is 4. The Labute approximate surface area is 680 Å². The molecule has 21 heteroatoms. The molecule has 0 aromatic carbocycles. The summed E-state index contributed by atoms with van der Waals surface area (Å²) in [5, 5.41) is 51.7. The average Bonchev–Trinajstić information content (AvgIpc) is 0.760. The van der Waals surface area contributed by atoms with E-state index < -0.39 is 129 Å². The molecule has 0 aromatic rings. The molecule has 0 radical (unpaired) electrons. The minimum atomic E-state index is -1.92. The normalized spacial score (nSPS) is 20.5. The van der Waals surface area contributed by atoms with Crippen LogP contribution >= 0.6 is 0 Å². The second-order valence-electron chi connectivity index (χ2n) is 33.0. The predicted octanol–water partition coefficient (Wildman–Crippen LogP) is 20.0. The minimum Gasteiger partial charge on any atom is -0.462 e. The second kappa shape index (κ2) is 72.3. The summed E-state index contributed by atoms with van der Waals surface area (Å²) in [5.41, 5.74) is 0. The summed E-state index contributed by atoms with van der Waals surface area (Å²) in [5.74, 6) is -3.45. The molecule has 2 aliphatic rings. The van der Waals surface area contributed by atoms with Gasteiger partial charge in [0, 0.05) is 19.3 Å². The Morgan fingerprint density at radius 3 is 0.955 bits per heavy atom. The van der Waals surface area contributed by atoms with Crippen molar-refractivity contribution in [3.63, 3.8) is 0 Å². The van der Waals surface area contributed by atoms with Crippen molar-refractivity contribution in [3.8, 4) is 0 Å². The first-order valence-corrected chi connectivity index (χ1v) is 46.6. The number of ether oxygens (including phenoxy) is 8. The molecule has 112 heavy (non-hydrogen) atoms. The van der Waals surface area contributed by atoms with E-state index >= 15 is 0 Å². The zero-order valence-corrected chi connectivity index (χ0v) is 72.0. The van der Waals surface area contributed by atoms with Gasteiger partial charge in [0.1, 0.15) is 54.8 Å². The van der Waals surface area contributed by atoms with Crippen molar-refractivity contribution in [1.82, 2.24) is 10.6 Å². The van der Waals surface area contributed by atoms with Gasteiger partial charge >= 0.3 is 23.9 Å². The first-order chi connectivity index (χ1) is 54.6. The van der Waals surface area contributed by atoms with Crippen LogP contribution in [0.5, 0.6) is 0 Å². The molecule has 13 atom stereocenters. The van der Waals surface area contributed by atoms with Gasteiger partial charge in [0.05, 0.1) is 32.5 Å². The van der Waals surface area contributed by atoms with Gasteiger partial charge < -0.3 is 69.0 Å². The fourth-order valence-corrected chi connectivity index (χ4v) is 15.6. The lowest BCUT2D eigenvalue weighted by Crippen LogP contribution is -2.67. The number of unbranched alkanes of at least 4 members (excludes halogenated alkanes) is 48. The van der Waals surface area contributed by atoms with E-state index in [0.29, 0.717) is 51.4 Å². The minimum absolute atomic E-state index is 0.108. The molecule has 2 rings (SSSR count). The summed E-state index contributed by atoms with van der Waals surface area (Å²) in [7, 11) is 0. The lowest BCUT2D eigenvalue weighted by Gasteiger charge is -2.46. The Balaban J connectivity index is 2.47. The predicted molar refractivity (Wildman–Crippen MR) is 444 cm³/mol. The van der Waals surface area contributed by atoms with E-state index in [9.17, 15) is 54.0 Å². The molecule has 0 aromatic heterocycles. The van der Waals surface area contributed by atoms with E-state index in [2.05, 4.69) is 52.2 Å². The lowest BCUT2D eigenvalue weighted by atomic mass is 9.95. The SMILES string of the molecule is CCCCCCCCCCCCCCCC(=O)O[C@H](CCCCCCCCCCC)CC(=O)NC1C(O)OC(COC2OC(CO)C(OC=O)C(OC(=O)C[C@@H](CCCCCCCCC)OC(=O)CCCCCCCCCCCCC)C2NC(=O)C[C@@H](CCCCCCCCC)OC(=O)CCCCCCCCC)C(O)C1O. The van der Waals surface area contributed by atoms with Crippen LogP contribution in [0.25, 0.3) is 0 Å². The number of esters is 4. The third-order valence-corrected chi connectivity index (χ3v) is 22.6. The molecule has 6 N–H and O–H groups in total. The number of aliphatic hydroxyl groups excluding tert-OH is 4. The Kier molecular flexibility index (Phi) is 67.1. The highest BCUT2D eigenvalue weighted by atomic mass is 16.7. The Morgan fingerprint density at radius 1 is 0.348 bits per heavy atom. The summed E-state index contributed by atoms with van der Waals surface area (Å²) < 4.78 is 48.6. The highest BCUT2D eigenvalue weighted by molar-refractivity contribution is 5.79. The number of hydrogen-bond donors (Lipinski definition) is 6. The molecular weight excluding hydrogens is 1420 g/mol. The third kappa shape index (κ3) is 53.4. The number of carbonyl (C=O) groups is 7. The molecule has 656 valence electrons. The maximum Gasteiger partial charge on any atom is 0.310 e. The van der Waals surface area contributed by atoms with Gasteiger partial charge in [0.25, 0.3) is 6.47 Å². The van der Waals surface area contributed by atoms with Gasteiger partial charge in [-0.15, -0.1) is 0 Å². The fraction of sp³-hybridized carbons (Fsp3) is 0.923. The summed E-state index contributed by atoms with van der Waals surface area (Å²) in [6.45, 7) is 11.8. The van der Waals surface area contributed by atoms with Crippen molar-refractivity contribution in [2.45, 2.75) is 526 Å². The maximum atomic E-state index is 14.8. The number of nitrogens with one attached hydrogen (secondary N) is 2. The van der Waals surface area contributed by atoms with E-state index in [0.717, 1.165) is 193 Å². The first kappa shape index (κ1) is 104. The van der Waals surface area contributed by atoms with Gasteiger partial charge in [-0.25, -0.2) is 0 Å². The topological polar surface area (TPSA) is 298 Å². The third-order valence-electron chi connectivity index (χ3n) is 22.6. The maximum absolute atomic E-state index is 14.8. The smallest absolute Gasteiger partial charge is 0.310 e. The zero-order chi connectivity index (χ0) is 81.7. The Hall–Kier alpha value is -3.99. The van der Waals surface area contributed by atoms with Crippen molar-refractivity contribution in [2.24, 2.45) is 0 Å². The molecular formula is C91H168N2O19. The van der Waals surface area contributed by atoms with Gasteiger partial charge in [-0.05, 0) is 57.8 Å². The average molecular weight is 1590 g/mol. The van der Waals surface area contributed by atoms with E-state index in [4.69, 9.17) is 37.9 Å². The molecule has 2 fully saturated rings. The largest absolute Gasteiger partial charge is 0.462 e. The van der Waals surface area contributed by atoms with Crippen molar-refractivity contribution in [3.05, 3.63) is 0 Å². The quantitative estimate of drug-likeness (QED) is 0.0143. The Morgan fingerprint density at radius 2 is 0.643 bits per heavy atom. The van der Waals surface area contributed by atoms with Crippen LogP contribution in [0.4, 0.5) is 0 Å². The molecule has 2 saturated heterocycles. The number of carbonyl (C=O) groups excluding carboxylic acids is 7. The highest BCUT2D eigenvalue weighted by Gasteiger charge is 2.52. The van der Waals surface area contributed by atoms with Gasteiger partial charge in [0.2, 0.25) is 11.8 Å². The number of hydrogen-bond acceptors (Lipinski definition) is 19. The molecule has 0 bridgehead atoms. The van der Waals surface area contributed by atoms with Crippen molar-refractivity contribution < 1.29 is 91.9 Å². The van der Waals surface area contributed by atoms with Crippen LogP contribution in [-0.2, 0) is 71.5 Å². The summed E-state index contributed by atoms with van der Waals surface area (Å²) in [6, 6.07) is -3.11. The van der Waals surface area contributed by atoms with Crippen LogP contribution < -0.4 is 10.6 Å². The van der Waals surface area contributed by atoms with Crippen molar-refractivity contribution >= 4 is 42.2 Å². The van der Waals surface area contributed by atoms with Gasteiger partial charge in [-0.3, -0.25) is 33.6 Å². The van der Waals surface area contributed by atoms with Crippen LogP contribution in [0.3, 0.4) is 0 Å². The van der Waals surface area contributed by atoms with E-state index in [1.54, 1.807) is 0 Å². The monoisotopic (exact) mass is 1590 g/mol. The molecule has 0 saturated carbocycles.